The number of carbonyl (C=O) groups is 1. The predicted molar refractivity (Wildman–Crippen MR) is 152 cm³/mol. The van der Waals surface area contributed by atoms with E-state index in [-0.39, 0.29) is 24.1 Å². The number of alkyl halides is 3. The number of nitrogens with one attached hydrogen (secondary N) is 2. The minimum atomic E-state index is -4.51. The molecule has 0 aliphatic carbocycles. The van der Waals surface area contributed by atoms with Crippen LogP contribution in [-0.4, -0.2) is 32.0 Å². The maximum atomic E-state index is 13.9. The molecule has 2 aromatic heterocycles. The number of halogens is 3. The minimum absolute atomic E-state index is 0.0629. The van der Waals surface area contributed by atoms with E-state index in [1.54, 1.807) is 23.8 Å². The van der Waals surface area contributed by atoms with Crippen molar-refractivity contribution in [2.45, 2.75) is 38.5 Å². The first kappa shape index (κ1) is 27.4. The molecular weight excluding hydrogens is 535 g/mol. The van der Waals surface area contributed by atoms with Crippen molar-refractivity contribution in [2.75, 3.05) is 11.9 Å². The van der Waals surface area contributed by atoms with E-state index in [2.05, 4.69) is 15.6 Å². The first-order valence-corrected chi connectivity index (χ1v) is 13.2. The number of thiocarbonyl (C=S) groups is 1. The molecule has 1 amide bonds. The Hall–Kier alpha value is -4.18. The summed E-state index contributed by atoms with van der Waals surface area (Å²) in [6.45, 7) is 3.91. The Morgan fingerprint density at radius 1 is 1.02 bits per heavy atom. The molecule has 0 saturated carbocycles. The highest BCUT2D eigenvalue weighted by Gasteiger charge is 2.42. The molecule has 1 fully saturated rings. The number of anilines is 1. The number of para-hydroxylation sites is 2. The average Bonchev–Trinajstić information content (AvgIpc) is 3.42. The summed E-state index contributed by atoms with van der Waals surface area (Å²) in [7, 11) is 0. The fourth-order valence-electron chi connectivity index (χ4n) is 5.32. The van der Waals surface area contributed by atoms with Crippen molar-refractivity contribution in [1.29, 1.82) is 0 Å². The summed E-state index contributed by atoms with van der Waals surface area (Å²) >= 11 is 5.72. The van der Waals surface area contributed by atoms with Gasteiger partial charge in [-0.05, 0) is 74.1 Å². The van der Waals surface area contributed by atoms with Crippen LogP contribution in [0.2, 0.25) is 0 Å². The highest BCUT2D eigenvalue weighted by molar-refractivity contribution is 7.80. The Morgan fingerprint density at radius 2 is 1.73 bits per heavy atom. The molecule has 5 rings (SSSR count). The van der Waals surface area contributed by atoms with E-state index in [4.69, 9.17) is 12.2 Å². The molecule has 0 spiro atoms. The number of nitrogens with zero attached hydrogens (tertiary/aromatic N) is 3. The van der Waals surface area contributed by atoms with Crippen LogP contribution in [0.3, 0.4) is 0 Å². The van der Waals surface area contributed by atoms with E-state index >= 15 is 0 Å². The molecule has 4 aromatic rings. The van der Waals surface area contributed by atoms with Gasteiger partial charge in [0.1, 0.15) is 0 Å². The lowest BCUT2D eigenvalue weighted by Gasteiger charge is -2.28. The van der Waals surface area contributed by atoms with E-state index in [9.17, 15) is 18.0 Å². The van der Waals surface area contributed by atoms with Crippen molar-refractivity contribution in [3.05, 3.63) is 113 Å². The highest BCUT2D eigenvalue weighted by atomic mass is 32.1. The fourth-order valence-corrected chi connectivity index (χ4v) is 5.65. The molecule has 2 N–H and O–H groups in total. The van der Waals surface area contributed by atoms with E-state index in [1.165, 1.54) is 12.1 Å². The summed E-state index contributed by atoms with van der Waals surface area (Å²) in [6.07, 6.45) is -2.65. The second kappa shape index (κ2) is 11.1. The summed E-state index contributed by atoms with van der Waals surface area (Å²) in [6, 6.07) is 21.5. The van der Waals surface area contributed by atoms with Crippen molar-refractivity contribution in [1.82, 2.24) is 19.8 Å². The first-order valence-electron chi connectivity index (χ1n) is 12.8. The van der Waals surface area contributed by atoms with Crippen LogP contribution >= 0.6 is 12.2 Å². The van der Waals surface area contributed by atoms with E-state index < -0.39 is 17.8 Å². The number of benzene rings is 2. The molecule has 2 atom stereocenters. The zero-order valence-electron chi connectivity index (χ0n) is 21.9. The first-order chi connectivity index (χ1) is 19.1. The van der Waals surface area contributed by atoms with Crippen molar-refractivity contribution < 1.29 is 18.0 Å². The summed E-state index contributed by atoms with van der Waals surface area (Å²) < 4.78 is 43.5. The van der Waals surface area contributed by atoms with Crippen LogP contribution in [0.4, 0.5) is 18.9 Å². The number of pyridine rings is 1. The summed E-state index contributed by atoms with van der Waals surface area (Å²) in [5, 5.41) is 6.69. The molecule has 2 aromatic carbocycles. The molecule has 1 aliphatic rings. The largest absolute Gasteiger partial charge is 0.418 e. The topological polar surface area (TPSA) is 62.2 Å². The second-order valence-electron chi connectivity index (χ2n) is 9.66. The van der Waals surface area contributed by atoms with Gasteiger partial charge in [0.25, 0.3) is 0 Å². The molecule has 0 bridgehead atoms. The predicted octanol–water partition coefficient (Wildman–Crippen LogP) is 6.51. The van der Waals surface area contributed by atoms with Crippen molar-refractivity contribution in [3.63, 3.8) is 0 Å². The standard InChI is InChI=1S/C30H28F3N5OS/c1-19-18-22(20(2)38(19)25-14-7-6-12-23(25)30(31,32)33)28-27(24-13-8-9-16-34-24)36-29(40)37(28)17-15-26(39)35-21-10-4-3-5-11-21/h3-14,16,18,27-28H,15,17H2,1-2H3,(H,35,39)(H,36,40)/t27-,28+/m1/s1. The number of aromatic nitrogens is 2. The molecule has 3 heterocycles. The van der Waals surface area contributed by atoms with Gasteiger partial charge < -0.3 is 20.1 Å². The Morgan fingerprint density at radius 3 is 2.42 bits per heavy atom. The van der Waals surface area contributed by atoms with Crippen LogP contribution in [0.25, 0.3) is 5.69 Å². The molecule has 1 aliphatic heterocycles. The third-order valence-corrected chi connectivity index (χ3v) is 7.43. The molecule has 0 radical (unpaired) electrons. The zero-order valence-corrected chi connectivity index (χ0v) is 22.8. The zero-order chi connectivity index (χ0) is 28.4. The SMILES string of the molecule is Cc1cc([C@H]2[C@@H](c3ccccn3)NC(=S)N2CCC(=O)Nc2ccccc2)c(C)n1-c1ccccc1C(F)(F)F. The van der Waals surface area contributed by atoms with Gasteiger partial charge >= 0.3 is 6.18 Å². The van der Waals surface area contributed by atoms with Gasteiger partial charge in [0.15, 0.2) is 5.11 Å². The van der Waals surface area contributed by atoms with E-state index in [1.807, 2.05) is 66.4 Å². The third-order valence-electron chi connectivity index (χ3n) is 7.07. The summed E-state index contributed by atoms with van der Waals surface area (Å²) in [5.41, 5.74) is 2.91. The molecule has 6 nitrogen and oxygen atoms in total. The lowest BCUT2D eigenvalue weighted by Crippen LogP contribution is -2.32. The third kappa shape index (κ3) is 5.44. The minimum Gasteiger partial charge on any atom is -0.352 e. The van der Waals surface area contributed by atoms with Gasteiger partial charge in [0.2, 0.25) is 5.91 Å². The van der Waals surface area contributed by atoms with Crippen molar-refractivity contribution in [3.8, 4) is 5.69 Å². The normalized spacial score (nSPS) is 17.1. The number of carbonyl (C=O) groups excluding carboxylic acids is 1. The average molecular weight is 564 g/mol. The van der Waals surface area contributed by atoms with Crippen LogP contribution in [-0.2, 0) is 11.0 Å². The molecular formula is C30H28F3N5OS. The molecule has 1 saturated heterocycles. The van der Waals surface area contributed by atoms with Crippen molar-refractivity contribution >= 4 is 28.9 Å². The highest BCUT2D eigenvalue weighted by Crippen LogP contribution is 2.42. The van der Waals surface area contributed by atoms with Crippen LogP contribution in [0.5, 0.6) is 0 Å². The quantitative estimate of drug-likeness (QED) is 0.251. The fraction of sp³-hybridized carbons (Fsp3) is 0.233. The van der Waals surface area contributed by atoms with Crippen LogP contribution < -0.4 is 10.6 Å². The van der Waals surface area contributed by atoms with Gasteiger partial charge in [-0.3, -0.25) is 9.78 Å². The van der Waals surface area contributed by atoms with Gasteiger partial charge in [-0.25, -0.2) is 0 Å². The number of hydrogen-bond acceptors (Lipinski definition) is 3. The number of rotatable bonds is 7. The number of amides is 1. The van der Waals surface area contributed by atoms with Gasteiger partial charge in [0, 0.05) is 36.2 Å². The van der Waals surface area contributed by atoms with Crippen molar-refractivity contribution in [2.24, 2.45) is 0 Å². The lowest BCUT2D eigenvalue weighted by atomic mass is 9.96. The van der Waals surface area contributed by atoms with Gasteiger partial charge in [0.05, 0.1) is 29.0 Å². The van der Waals surface area contributed by atoms with Gasteiger partial charge in [-0.15, -0.1) is 0 Å². The smallest absolute Gasteiger partial charge is 0.352 e. The van der Waals surface area contributed by atoms with Crippen LogP contribution in [0.15, 0.2) is 85.1 Å². The molecule has 206 valence electrons. The lowest BCUT2D eigenvalue weighted by molar-refractivity contribution is -0.137. The second-order valence-corrected chi connectivity index (χ2v) is 10.0. The maximum absolute atomic E-state index is 13.9. The Labute approximate surface area is 235 Å². The van der Waals surface area contributed by atoms with Gasteiger partial charge in [-0.1, -0.05) is 36.4 Å². The number of hydrogen-bond donors (Lipinski definition) is 2. The van der Waals surface area contributed by atoms with Gasteiger partial charge in [-0.2, -0.15) is 13.2 Å². The molecule has 10 heteroatoms. The molecule has 40 heavy (non-hydrogen) atoms. The maximum Gasteiger partial charge on any atom is 0.418 e. The summed E-state index contributed by atoms with van der Waals surface area (Å²) in [4.78, 5) is 19.3. The Kier molecular flexibility index (Phi) is 7.62. The van der Waals surface area contributed by atoms with Crippen LogP contribution in [0.1, 0.15) is 46.7 Å². The molecule has 0 unspecified atom stereocenters. The summed E-state index contributed by atoms with van der Waals surface area (Å²) in [5.74, 6) is -0.168. The number of aryl methyl sites for hydroxylation is 1. The monoisotopic (exact) mass is 563 g/mol. The van der Waals surface area contributed by atoms with Crippen LogP contribution in [0, 0.1) is 13.8 Å². The Bertz CT molecular complexity index is 1520. The van der Waals surface area contributed by atoms with E-state index in [0.29, 0.717) is 28.7 Å². The Balaban J connectivity index is 1.52. The van der Waals surface area contributed by atoms with E-state index in [0.717, 1.165) is 17.3 Å².